The molecule has 0 radical (unpaired) electrons. The Balaban J connectivity index is 2.14. The lowest BCUT2D eigenvalue weighted by Crippen LogP contribution is -2.15. The number of benzene rings is 1. The molecule has 0 saturated carbocycles. The molecule has 0 aromatic heterocycles. The standard InChI is InChI=1S/C22H40P2/c1-3-5-7-9-11-15-19-23-21-17-13-14-18-22(21)24-20-16-12-10-8-6-4-2/h13-14,17-18,23-24H,3-12,15-16,19-20H2,1-2H3. The van der Waals surface area contributed by atoms with Gasteiger partial charge in [0.05, 0.1) is 0 Å². The first kappa shape index (κ1) is 22.1. The maximum Gasteiger partial charge on any atom is -0.0198 e. The Morgan fingerprint density at radius 2 is 0.917 bits per heavy atom. The van der Waals surface area contributed by atoms with E-state index in [0.29, 0.717) is 0 Å². The van der Waals surface area contributed by atoms with Crippen molar-refractivity contribution in [2.45, 2.75) is 90.9 Å². The first-order valence-electron chi connectivity index (χ1n) is 10.4. The van der Waals surface area contributed by atoms with Crippen molar-refractivity contribution < 1.29 is 0 Å². The predicted octanol–water partition coefficient (Wildman–Crippen LogP) is 7.02. The molecule has 0 N–H and O–H groups in total. The summed E-state index contributed by atoms with van der Waals surface area (Å²) >= 11 is 0. The summed E-state index contributed by atoms with van der Waals surface area (Å²) in [7, 11) is 2.07. The van der Waals surface area contributed by atoms with Gasteiger partial charge in [0.15, 0.2) is 0 Å². The molecule has 0 nitrogen and oxygen atoms in total. The largest absolute Gasteiger partial charge is 0.0897 e. The number of hydrogen-bond donors (Lipinski definition) is 0. The Morgan fingerprint density at radius 3 is 1.33 bits per heavy atom. The molecule has 24 heavy (non-hydrogen) atoms. The normalized spacial score (nSPS) is 12.1. The maximum atomic E-state index is 2.39. The molecule has 1 aromatic rings. The van der Waals surface area contributed by atoms with Gasteiger partial charge < -0.3 is 0 Å². The number of hydrogen-bond acceptors (Lipinski definition) is 0. The molecule has 0 aliphatic carbocycles. The van der Waals surface area contributed by atoms with Crippen LogP contribution in [0, 0.1) is 0 Å². The maximum absolute atomic E-state index is 2.39. The average molecular weight is 367 g/mol. The minimum atomic E-state index is 1.03. The fourth-order valence-electron chi connectivity index (χ4n) is 3.05. The third kappa shape index (κ3) is 11.6. The Hall–Kier alpha value is 0.0800. The Bertz CT molecular complexity index is 352. The van der Waals surface area contributed by atoms with Crippen LogP contribution in [0.15, 0.2) is 24.3 Å². The third-order valence-corrected chi connectivity index (χ3v) is 7.71. The highest BCUT2D eigenvalue weighted by Gasteiger charge is 2.02. The summed E-state index contributed by atoms with van der Waals surface area (Å²) in [5.41, 5.74) is 0. The van der Waals surface area contributed by atoms with Crippen LogP contribution in [0.5, 0.6) is 0 Å². The third-order valence-electron chi connectivity index (χ3n) is 4.62. The number of unbranched alkanes of at least 4 members (excludes halogenated alkanes) is 10. The monoisotopic (exact) mass is 366 g/mol. The molecular formula is C22H40P2. The van der Waals surface area contributed by atoms with E-state index in [-0.39, 0.29) is 0 Å². The van der Waals surface area contributed by atoms with E-state index in [1.807, 2.05) is 0 Å². The Kier molecular flexibility index (Phi) is 15.2. The lowest BCUT2D eigenvalue weighted by atomic mass is 10.1. The van der Waals surface area contributed by atoms with Gasteiger partial charge in [0.1, 0.15) is 0 Å². The SMILES string of the molecule is CCCCCCCCPc1ccccc1PCCCCCCCC. The average Bonchev–Trinajstić information content (AvgIpc) is 2.61. The summed E-state index contributed by atoms with van der Waals surface area (Å²) in [6.07, 6.45) is 19.9. The second-order valence-corrected chi connectivity index (χ2v) is 9.72. The highest BCUT2D eigenvalue weighted by Crippen LogP contribution is 2.20. The van der Waals surface area contributed by atoms with Crippen molar-refractivity contribution >= 4 is 27.8 Å². The molecule has 0 heterocycles. The summed E-state index contributed by atoms with van der Waals surface area (Å²) in [5.74, 6) is 0. The molecule has 0 aliphatic heterocycles. The molecule has 2 atom stereocenters. The minimum Gasteiger partial charge on any atom is -0.0897 e. The van der Waals surface area contributed by atoms with Crippen molar-refractivity contribution in [3.63, 3.8) is 0 Å². The molecule has 2 heteroatoms. The van der Waals surface area contributed by atoms with Crippen molar-refractivity contribution in [1.29, 1.82) is 0 Å². The van der Waals surface area contributed by atoms with Crippen LogP contribution in [0.3, 0.4) is 0 Å². The van der Waals surface area contributed by atoms with E-state index >= 15 is 0 Å². The molecule has 1 rings (SSSR count). The summed E-state index contributed by atoms with van der Waals surface area (Å²) in [4.78, 5) is 0. The van der Waals surface area contributed by atoms with Gasteiger partial charge in [-0.05, 0) is 35.8 Å². The molecule has 0 bridgehead atoms. The molecule has 1 aromatic carbocycles. The zero-order valence-corrected chi connectivity index (χ0v) is 18.2. The van der Waals surface area contributed by atoms with Gasteiger partial charge in [-0.1, -0.05) is 119 Å². The van der Waals surface area contributed by atoms with Gasteiger partial charge >= 0.3 is 0 Å². The van der Waals surface area contributed by atoms with Crippen LogP contribution in [0.4, 0.5) is 0 Å². The topological polar surface area (TPSA) is 0 Å². The molecule has 0 amide bonds. The molecule has 2 unspecified atom stereocenters. The Labute approximate surface area is 155 Å². The summed E-state index contributed by atoms with van der Waals surface area (Å²) in [6, 6.07) is 9.25. The van der Waals surface area contributed by atoms with Crippen LogP contribution in [-0.4, -0.2) is 12.3 Å². The van der Waals surface area contributed by atoms with E-state index in [9.17, 15) is 0 Å². The molecular weight excluding hydrogens is 326 g/mol. The lowest BCUT2D eigenvalue weighted by molar-refractivity contribution is 0.626. The van der Waals surface area contributed by atoms with E-state index in [2.05, 4.69) is 38.1 Å². The highest BCUT2D eigenvalue weighted by atomic mass is 31.1. The fourth-order valence-corrected chi connectivity index (χ4v) is 5.95. The van der Waals surface area contributed by atoms with Crippen molar-refractivity contribution in [3.05, 3.63) is 24.3 Å². The van der Waals surface area contributed by atoms with Crippen molar-refractivity contribution in [2.24, 2.45) is 0 Å². The summed E-state index contributed by atoms with van der Waals surface area (Å²) in [5, 5.41) is 3.32. The van der Waals surface area contributed by atoms with Gasteiger partial charge in [-0.2, -0.15) is 0 Å². The van der Waals surface area contributed by atoms with Crippen LogP contribution in [0.25, 0.3) is 0 Å². The van der Waals surface area contributed by atoms with E-state index in [0.717, 1.165) is 17.2 Å². The van der Waals surface area contributed by atoms with Crippen LogP contribution in [0.1, 0.15) is 90.9 Å². The van der Waals surface area contributed by atoms with Gasteiger partial charge in [0, 0.05) is 0 Å². The van der Waals surface area contributed by atoms with Gasteiger partial charge in [-0.3, -0.25) is 0 Å². The van der Waals surface area contributed by atoms with E-state index in [1.165, 1.54) is 89.4 Å². The first-order valence-corrected chi connectivity index (χ1v) is 12.9. The first-order chi connectivity index (χ1) is 11.9. The number of rotatable bonds is 16. The highest BCUT2D eigenvalue weighted by molar-refractivity contribution is 7.54. The second-order valence-electron chi connectivity index (χ2n) is 6.93. The van der Waals surface area contributed by atoms with Crippen LogP contribution in [0.2, 0.25) is 0 Å². The molecule has 0 fully saturated rings. The van der Waals surface area contributed by atoms with Gasteiger partial charge in [0.25, 0.3) is 0 Å². The van der Waals surface area contributed by atoms with Crippen molar-refractivity contribution in [1.82, 2.24) is 0 Å². The quantitative estimate of drug-likeness (QED) is 0.218. The zero-order valence-electron chi connectivity index (χ0n) is 16.2. The van der Waals surface area contributed by atoms with Crippen LogP contribution < -0.4 is 10.6 Å². The lowest BCUT2D eigenvalue weighted by Gasteiger charge is -2.10. The van der Waals surface area contributed by atoms with Crippen molar-refractivity contribution in [3.8, 4) is 0 Å². The molecule has 0 saturated heterocycles. The van der Waals surface area contributed by atoms with Crippen molar-refractivity contribution in [2.75, 3.05) is 12.3 Å². The zero-order chi connectivity index (χ0) is 17.3. The molecule has 0 aliphatic rings. The summed E-state index contributed by atoms with van der Waals surface area (Å²) in [6.45, 7) is 4.59. The Morgan fingerprint density at radius 1 is 0.542 bits per heavy atom. The summed E-state index contributed by atoms with van der Waals surface area (Å²) < 4.78 is 0. The predicted molar refractivity (Wildman–Crippen MR) is 119 cm³/mol. The fraction of sp³-hybridized carbons (Fsp3) is 0.727. The second kappa shape index (κ2) is 16.5. The van der Waals surface area contributed by atoms with E-state index in [1.54, 1.807) is 10.6 Å². The van der Waals surface area contributed by atoms with Gasteiger partial charge in [-0.25, -0.2) is 0 Å². The molecule has 0 spiro atoms. The smallest absolute Gasteiger partial charge is 0.0198 e. The van der Waals surface area contributed by atoms with Crippen LogP contribution >= 0.6 is 17.2 Å². The van der Waals surface area contributed by atoms with Crippen LogP contribution in [-0.2, 0) is 0 Å². The van der Waals surface area contributed by atoms with E-state index < -0.39 is 0 Å². The molecule has 138 valence electrons. The van der Waals surface area contributed by atoms with Gasteiger partial charge in [0.2, 0.25) is 0 Å². The minimum absolute atomic E-state index is 1.03. The van der Waals surface area contributed by atoms with E-state index in [4.69, 9.17) is 0 Å². The van der Waals surface area contributed by atoms with Gasteiger partial charge in [-0.15, -0.1) is 0 Å².